The predicted molar refractivity (Wildman–Crippen MR) is 104 cm³/mol. The number of halogens is 2. The highest BCUT2D eigenvalue weighted by molar-refractivity contribution is 7.73. The molecule has 4 rings (SSSR count). The predicted octanol–water partition coefficient (Wildman–Crippen LogP) is 6.02. The van der Waals surface area contributed by atoms with Crippen molar-refractivity contribution in [1.82, 2.24) is 4.57 Å². The molecule has 0 bridgehead atoms. The topological polar surface area (TPSA) is 37.5 Å². The summed E-state index contributed by atoms with van der Waals surface area (Å²) in [4.78, 5) is 4.95. The minimum atomic E-state index is -0.521. The molecule has 3 nitrogen and oxygen atoms in total. The van der Waals surface area contributed by atoms with Gasteiger partial charge < -0.3 is 5.11 Å². The van der Waals surface area contributed by atoms with Crippen LogP contribution in [0.3, 0.4) is 0 Å². The molecule has 1 aliphatic rings. The van der Waals surface area contributed by atoms with E-state index < -0.39 is 5.82 Å². The molecular weight excluding hydrogens is 379 g/mol. The number of benzene rings is 2. The largest absolute Gasteiger partial charge is 0.493 e. The smallest absolute Gasteiger partial charge is 0.215 e. The van der Waals surface area contributed by atoms with E-state index in [1.807, 2.05) is 30.3 Å². The quantitative estimate of drug-likeness (QED) is 0.545. The molecule has 2 aromatic carbocycles. The van der Waals surface area contributed by atoms with E-state index in [0.29, 0.717) is 14.5 Å². The fourth-order valence-electron chi connectivity index (χ4n) is 2.62. The first kappa shape index (κ1) is 16.2. The third-order valence-corrected chi connectivity index (χ3v) is 5.42. The van der Waals surface area contributed by atoms with Crippen LogP contribution in [0.1, 0.15) is 10.4 Å². The molecule has 0 radical (unpaired) electrons. The van der Waals surface area contributed by atoms with E-state index in [0.717, 1.165) is 16.8 Å². The van der Waals surface area contributed by atoms with E-state index in [4.69, 9.17) is 23.8 Å². The third-order valence-electron chi connectivity index (χ3n) is 3.82. The van der Waals surface area contributed by atoms with Crippen LogP contribution in [0.5, 0.6) is 5.88 Å². The molecule has 1 aliphatic heterocycles. The molecule has 2 heterocycles. The molecule has 0 saturated heterocycles. The maximum atomic E-state index is 13.4. The maximum absolute atomic E-state index is 13.4. The van der Waals surface area contributed by atoms with E-state index in [1.54, 1.807) is 6.21 Å². The van der Waals surface area contributed by atoms with Crippen molar-refractivity contribution in [2.24, 2.45) is 4.99 Å². The highest BCUT2D eigenvalue weighted by atomic mass is 35.5. The molecule has 3 aromatic rings. The second-order valence-corrected chi connectivity index (χ2v) is 7.45. The zero-order valence-corrected chi connectivity index (χ0v) is 15.0. The Morgan fingerprint density at radius 3 is 2.84 bits per heavy atom. The number of allylic oxidation sites excluding steroid dienone is 1. The van der Waals surface area contributed by atoms with Crippen LogP contribution in [0.2, 0.25) is 5.02 Å². The van der Waals surface area contributed by atoms with Gasteiger partial charge in [0.25, 0.3) is 0 Å². The molecule has 25 heavy (non-hydrogen) atoms. The highest BCUT2D eigenvalue weighted by Gasteiger charge is 2.16. The minimum Gasteiger partial charge on any atom is -0.493 e. The first-order valence-corrected chi connectivity index (χ1v) is 8.90. The van der Waals surface area contributed by atoms with E-state index in [-0.39, 0.29) is 10.9 Å². The van der Waals surface area contributed by atoms with Gasteiger partial charge in [-0.25, -0.2) is 4.39 Å². The van der Waals surface area contributed by atoms with Gasteiger partial charge in [-0.15, -0.1) is 11.3 Å². The van der Waals surface area contributed by atoms with Crippen molar-refractivity contribution in [3.63, 3.8) is 0 Å². The number of aromatic nitrogens is 1. The van der Waals surface area contributed by atoms with Crippen LogP contribution in [0.25, 0.3) is 17.3 Å². The summed E-state index contributed by atoms with van der Waals surface area (Å²) in [5.74, 6) is -0.532. The number of para-hydroxylation sites is 1. The molecule has 0 amide bonds. The number of fused-ring (bicyclic) bond motifs is 1. The van der Waals surface area contributed by atoms with Gasteiger partial charge in [-0.2, -0.15) is 0 Å². The normalized spacial score (nSPS) is 14.2. The van der Waals surface area contributed by atoms with E-state index >= 15 is 0 Å². The lowest BCUT2D eigenvalue weighted by molar-refractivity contribution is 0.441. The average molecular weight is 389 g/mol. The number of hydrogen-bond acceptors (Lipinski definition) is 4. The summed E-state index contributed by atoms with van der Waals surface area (Å²) in [5, 5.41) is 10.6. The second-order valence-electron chi connectivity index (χ2n) is 5.36. The van der Waals surface area contributed by atoms with Gasteiger partial charge in [0, 0.05) is 17.4 Å². The van der Waals surface area contributed by atoms with Crippen LogP contribution in [0.15, 0.2) is 47.5 Å². The molecule has 0 spiro atoms. The number of aliphatic imine (C=N–C) groups is 1. The van der Waals surface area contributed by atoms with E-state index in [1.165, 1.54) is 34.1 Å². The second kappa shape index (κ2) is 6.22. The first-order valence-electron chi connectivity index (χ1n) is 7.30. The Kier molecular flexibility index (Phi) is 4.03. The molecular formula is C18H10ClFN2OS2. The van der Waals surface area contributed by atoms with Crippen LogP contribution < -0.4 is 0 Å². The summed E-state index contributed by atoms with van der Waals surface area (Å²) in [6, 6.07) is 12.0. The lowest BCUT2D eigenvalue weighted by Crippen LogP contribution is -1.94. The van der Waals surface area contributed by atoms with Crippen LogP contribution in [0, 0.1) is 9.77 Å². The van der Waals surface area contributed by atoms with Crippen LogP contribution >= 0.6 is 35.2 Å². The Morgan fingerprint density at radius 2 is 2.04 bits per heavy atom. The van der Waals surface area contributed by atoms with Gasteiger partial charge in [0.2, 0.25) is 5.88 Å². The molecule has 124 valence electrons. The number of aromatic hydroxyl groups is 1. The summed E-state index contributed by atoms with van der Waals surface area (Å²) in [6.07, 6.45) is 3.60. The Hall–Kier alpha value is -2.28. The number of rotatable bonds is 2. The highest BCUT2D eigenvalue weighted by Crippen LogP contribution is 2.37. The molecule has 0 fully saturated rings. The fourth-order valence-corrected chi connectivity index (χ4v) is 4.10. The van der Waals surface area contributed by atoms with Crippen molar-refractivity contribution in [1.29, 1.82) is 0 Å². The van der Waals surface area contributed by atoms with Gasteiger partial charge in [0.15, 0.2) is 3.95 Å². The van der Waals surface area contributed by atoms with Gasteiger partial charge in [-0.3, -0.25) is 9.56 Å². The van der Waals surface area contributed by atoms with E-state index in [2.05, 4.69) is 4.99 Å². The van der Waals surface area contributed by atoms with Crippen molar-refractivity contribution in [2.45, 2.75) is 0 Å². The molecule has 7 heteroatoms. The van der Waals surface area contributed by atoms with Crippen molar-refractivity contribution in [2.75, 3.05) is 0 Å². The summed E-state index contributed by atoms with van der Waals surface area (Å²) in [7, 11) is 0. The SMILES string of the molecule is Oc1c(C=C2C=Nc3ccccc32)sc(=S)n1-c1ccc(F)c(Cl)c1. The van der Waals surface area contributed by atoms with Gasteiger partial charge in [-0.1, -0.05) is 29.8 Å². The lowest BCUT2D eigenvalue weighted by Gasteiger charge is -2.06. The zero-order valence-electron chi connectivity index (χ0n) is 12.6. The fraction of sp³-hybridized carbons (Fsp3) is 0. The summed E-state index contributed by atoms with van der Waals surface area (Å²) >= 11 is 12.5. The third kappa shape index (κ3) is 2.82. The van der Waals surface area contributed by atoms with Crippen molar-refractivity contribution >= 4 is 58.7 Å². The average Bonchev–Trinajstić information content (AvgIpc) is 3.12. The molecule has 1 N–H and O–H groups in total. The Morgan fingerprint density at radius 1 is 1.24 bits per heavy atom. The Bertz CT molecular complexity index is 1110. The summed E-state index contributed by atoms with van der Waals surface area (Å²) in [5.41, 5.74) is 3.29. The Labute approximate surface area is 157 Å². The monoisotopic (exact) mass is 388 g/mol. The number of nitrogens with zero attached hydrogens (tertiary/aromatic N) is 2. The van der Waals surface area contributed by atoms with Gasteiger partial charge in [-0.05, 0) is 42.6 Å². The molecule has 0 unspecified atom stereocenters. The molecule has 1 aromatic heterocycles. The molecule has 0 saturated carbocycles. The summed E-state index contributed by atoms with van der Waals surface area (Å²) in [6.45, 7) is 0. The van der Waals surface area contributed by atoms with Gasteiger partial charge in [0.05, 0.1) is 21.3 Å². The standard InChI is InChI=1S/C18H10ClFN2OS2/c19-13-8-11(5-6-14(13)20)22-17(23)16(25-18(22)24)7-10-9-21-15-4-2-1-3-12(10)15/h1-9,23H. The van der Waals surface area contributed by atoms with Crippen molar-refractivity contribution in [3.8, 4) is 11.6 Å². The number of hydrogen-bond donors (Lipinski definition) is 1. The maximum Gasteiger partial charge on any atom is 0.215 e. The molecule has 0 atom stereocenters. The van der Waals surface area contributed by atoms with Gasteiger partial charge >= 0.3 is 0 Å². The van der Waals surface area contributed by atoms with Crippen molar-refractivity contribution in [3.05, 3.63) is 67.7 Å². The van der Waals surface area contributed by atoms with Crippen LogP contribution in [-0.2, 0) is 0 Å². The number of thiazole rings is 1. The summed E-state index contributed by atoms with van der Waals surface area (Å²) < 4.78 is 15.3. The first-order chi connectivity index (χ1) is 12.0. The van der Waals surface area contributed by atoms with E-state index in [9.17, 15) is 9.50 Å². The lowest BCUT2D eigenvalue weighted by atomic mass is 10.1. The zero-order chi connectivity index (χ0) is 17.6. The van der Waals surface area contributed by atoms with Crippen LogP contribution in [0.4, 0.5) is 10.1 Å². The minimum absolute atomic E-state index is 0.0112. The van der Waals surface area contributed by atoms with Crippen LogP contribution in [-0.4, -0.2) is 15.9 Å². The molecule has 0 aliphatic carbocycles. The van der Waals surface area contributed by atoms with Crippen molar-refractivity contribution < 1.29 is 9.50 Å². The Balaban J connectivity index is 1.82. The van der Waals surface area contributed by atoms with Gasteiger partial charge in [0.1, 0.15) is 5.82 Å².